The summed E-state index contributed by atoms with van der Waals surface area (Å²) in [6.45, 7) is 0. The Morgan fingerprint density at radius 3 is 2.69 bits per heavy atom. The lowest BCUT2D eigenvalue weighted by atomic mass is 10.2. The number of halogens is 1. The highest BCUT2D eigenvalue weighted by atomic mass is 35.5. The molecule has 0 aliphatic rings. The van der Waals surface area contributed by atoms with Crippen LogP contribution in [0.5, 0.6) is 0 Å². The third-order valence-electron chi connectivity index (χ3n) is 2.36. The number of anilines is 3. The highest BCUT2D eigenvalue weighted by Gasteiger charge is 2.05. The predicted molar refractivity (Wildman–Crippen MR) is 68.2 cm³/mol. The van der Waals surface area contributed by atoms with E-state index in [1.54, 1.807) is 12.3 Å². The molecule has 82 valence electrons. The minimum atomic E-state index is 0.568. The molecule has 0 unspecified atom stereocenters. The van der Waals surface area contributed by atoms with E-state index in [9.17, 15) is 0 Å². The number of nitrogens with two attached hydrogens (primary N) is 1. The van der Waals surface area contributed by atoms with Crippen LogP contribution in [0.25, 0.3) is 0 Å². The Morgan fingerprint density at radius 2 is 2.06 bits per heavy atom. The lowest BCUT2D eigenvalue weighted by Gasteiger charge is -2.18. The third-order valence-corrected chi connectivity index (χ3v) is 2.70. The lowest BCUT2D eigenvalue weighted by Crippen LogP contribution is -2.11. The van der Waals surface area contributed by atoms with Crippen molar-refractivity contribution in [2.24, 2.45) is 0 Å². The molecule has 2 N–H and O–H groups in total. The standard InChI is InChI=1S/C12H12ClN3/c1-16(12-4-2-3-7-15-12)9-5-6-10(13)11(14)8-9/h2-8H,14H2,1H3. The van der Waals surface area contributed by atoms with Crippen LogP contribution in [0, 0.1) is 0 Å². The van der Waals surface area contributed by atoms with E-state index >= 15 is 0 Å². The normalized spacial score (nSPS) is 10.1. The van der Waals surface area contributed by atoms with Crippen molar-refractivity contribution in [1.82, 2.24) is 4.98 Å². The fraction of sp³-hybridized carbons (Fsp3) is 0.0833. The maximum atomic E-state index is 5.87. The summed E-state index contributed by atoms with van der Waals surface area (Å²) in [7, 11) is 1.94. The van der Waals surface area contributed by atoms with Gasteiger partial charge in [-0.2, -0.15) is 0 Å². The van der Waals surface area contributed by atoms with Gasteiger partial charge in [0.15, 0.2) is 0 Å². The second kappa shape index (κ2) is 4.41. The molecule has 0 radical (unpaired) electrons. The number of nitrogens with zero attached hydrogens (tertiary/aromatic N) is 2. The Kier molecular flexibility index (Phi) is 2.97. The van der Waals surface area contributed by atoms with Crippen molar-refractivity contribution >= 4 is 28.8 Å². The molecule has 0 saturated heterocycles. The molecule has 3 nitrogen and oxygen atoms in total. The van der Waals surface area contributed by atoms with E-state index in [0.29, 0.717) is 10.7 Å². The molecule has 0 aliphatic carbocycles. The van der Waals surface area contributed by atoms with Crippen molar-refractivity contribution in [1.29, 1.82) is 0 Å². The first-order chi connectivity index (χ1) is 7.68. The van der Waals surface area contributed by atoms with E-state index in [0.717, 1.165) is 11.5 Å². The van der Waals surface area contributed by atoms with Crippen molar-refractivity contribution in [3.8, 4) is 0 Å². The van der Waals surface area contributed by atoms with Gasteiger partial charge in [0, 0.05) is 18.9 Å². The summed E-state index contributed by atoms with van der Waals surface area (Å²) in [5.41, 5.74) is 7.29. The molecule has 0 fully saturated rings. The van der Waals surface area contributed by atoms with Crippen molar-refractivity contribution in [2.45, 2.75) is 0 Å². The van der Waals surface area contributed by atoms with Crippen LogP contribution in [0.1, 0.15) is 0 Å². The minimum absolute atomic E-state index is 0.568. The Hall–Kier alpha value is -1.74. The number of rotatable bonds is 2. The Labute approximate surface area is 99.5 Å². The van der Waals surface area contributed by atoms with Gasteiger partial charge in [-0.25, -0.2) is 4.98 Å². The summed E-state index contributed by atoms with van der Waals surface area (Å²) in [6, 6.07) is 11.3. The second-order valence-corrected chi connectivity index (χ2v) is 3.86. The Balaban J connectivity index is 2.34. The molecule has 0 aliphatic heterocycles. The lowest BCUT2D eigenvalue weighted by molar-refractivity contribution is 1.13. The molecule has 0 spiro atoms. The molecular weight excluding hydrogens is 222 g/mol. The molecule has 1 heterocycles. The molecule has 0 atom stereocenters. The maximum Gasteiger partial charge on any atom is 0.132 e. The monoisotopic (exact) mass is 233 g/mol. The van der Waals surface area contributed by atoms with Gasteiger partial charge in [0.25, 0.3) is 0 Å². The molecule has 2 rings (SSSR count). The van der Waals surface area contributed by atoms with Gasteiger partial charge in [-0.05, 0) is 30.3 Å². The average molecular weight is 234 g/mol. The van der Waals surface area contributed by atoms with Crippen molar-refractivity contribution in [2.75, 3.05) is 17.7 Å². The van der Waals surface area contributed by atoms with Crippen LogP contribution in [0.3, 0.4) is 0 Å². The SMILES string of the molecule is CN(c1ccc(Cl)c(N)c1)c1ccccn1. The van der Waals surface area contributed by atoms with Crippen molar-refractivity contribution in [3.05, 3.63) is 47.6 Å². The molecule has 0 amide bonds. The smallest absolute Gasteiger partial charge is 0.132 e. The van der Waals surface area contributed by atoms with Gasteiger partial charge in [0.05, 0.1) is 10.7 Å². The van der Waals surface area contributed by atoms with Gasteiger partial charge < -0.3 is 10.6 Å². The quantitative estimate of drug-likeness (QED) is 0.811. The maximum absolute atomic E-state index is 5.87. The highest BCUT2D eigenvalue weighted by Crippen LogP contribution is 2.27. The number of nitrogen functional groups attached to an aromatic ring is 1. The van der Waals surface area contributed by atoms with Gasteiger partial charge in [-0.3, -0.25) is 0 Å². The topological polar surface area (TPSA) is 42.1 Å². The summed E-state index contributed by atoms with van der Waals surface area (Å²) in [5, 5.41) is 0.568. The molecule has 1 aromatic carbocycles. The largest absolute Gasteiger partial charge is 0.397 e. The number of hydrogen-bond donors (Lipinski definition) is 1. The van der Waals surface area contributed by atoms with Gasteiger partial charge in [-0.1, -0.05) is 17.7 Å². The van der Waals surface area contributed by atoms with Gasteiger partial charge in [0.1, 0.15) is 5.82 Å². The van der Waals surface area contributed by atoms with E-state index < -0.39 is 0 Å². The average Bonchev–Trinajstić information content (AvgIpc) is 2.33. The van der Waals surface area contributed by atoms with Crippen LogP contribution < -0.4 is 10.6 Å². The molecule has 2 aromatic rings. The summed E-state index contributed by atoms with van der Waals surface area (Å²) < 4.78 is 0. The minimum Gasteiger partial charge on any atom is -0.397 e. The highest BCUT2D eigenvalue weighted by molar-refractivity contribution is 6.33. The van der Waals surface area contributed by atoms with Crippen LogP contribution >= 0.6 is 11.6 Å². The first-order valence-electron chi connectivity index (χ1n) is 4.88. The fourth-order valence-electron chi connectivity index (χ4n) is 1.42. The molecule has 1 aromatic heterocycles. The Morgan fingerprint density at radius 1 is 1.25 bits per heavy atom. The second-order valence-electron chi connectivity index (χ2n) is 3.45. The zero-order chi connectivity index (χ0) is 11.5. The van der Waals surface area contributed by atoms with E-state index in [-0.39, 0.29) is 0 Å². The van der Waals surface area contributed by atoms with Gasteiger partial charge in [0.2, 0.25) is 0 Å². The Bertz CT molecular complexity index is 485. The summed E-state index contributed by atoms with van der Waals surface area (Å²) >= 11 is 5.87. The zero-order valence-corrected chi connectivity index (χ0v) is 9.65. The van der Waals surface area contributed by atoms with E-state index in [4.69, 9.17) is 17.3 Å². The predicted octanol–water partition coefficient (Wildman–Crippen LogP) is 3.09. The van der Waals surface area contributed by atoms with Crippen molar-refractivity contribution in [3.63, 3.8) is 0 Å². The first kappa shape index (κ1) is 10.8. The summed E-state index contributed by atoms with van der Waals surface area (Å²) in [4.78, 5) is 6.21. The van der Waals surface area contributed by atoms with Crippen LogP contribution in [0.2, 0.25) is 5.02 Å². The van der Waals surface area contributed by atoms with Crippen LogP contribution in [0.4, 0.5) is 17.2 Å². The van der Waals surface area contributed by atoms with E-state index in [2.05, 4.69) is 4.98 Å². The van der Waals surface area contributed by atoms with Crippen LogP contribution in [-0.2, 0) is 0 Å². The third kappa shape index (κ3) is 2.09. The van der Waals surface area contributed by atoms with E-state index in [1.165, 1.54) is 0 Å². The van der Waals surface area contributed by atoms with Crippen LogP contribution in [0.15, 0.2) is 42.6 Å². The molecule has 0 saturated carbocycles. The number of hydrogen-bond acceptors (Lipinski definition) is 3. The fourth-order valence-corrected chi connectivity index (χ4v) is 1.54. The number of benzene rings is 1. The van der Waals surface area contributed by atoms with Crippen LogP contribution in [-0.4, -0.2) is 12.0 Å². The summed E-state index contributed by atoms with van der Waals surface area (Å²) in [5.74, 6) is 0.865. The zero-order valence-electron chi connectivity index (χ0n) is 8.89. The molecular formula is C12H12ClN3. The summed E-state index contributed by atoms with van der Waals surface area (Å²) in [6.07, 6.45) is 1.76. The van der Waals surface area contributed by atoms with Gasteiger partial charge in [-0.15, -0.1) is 0 Å². The first-order valence-corrected chi connectivity index (χ1v) is 5.26. The number of aromatic nitrogens is 1. The molecule has 16 heavy (non-hydrogen) atoms. The van der Waals surface area contributed by atoms with E-state index in [1.807, 2.05) is 42.3 Å². The molecule has 0 bridgehead atoms. The number of pyridine rings is 1. The van der Waals surface area contributed by atoms with Gasteiger partial charge >= 0.3 is 0 Å². The van der Waals surface area contributed by atoms with Crippen molar-refractivity contribution < 1.29 is 0 Å². The molecule has 4 heteroatoms.